The number of amides is 2. The highest BCUT2D eigenvalue weighted by Crippen LogP contribution is 2.31. The largest absolute Gasteiger partial charge is 0.416 e. The maximum Gasteiger partial charge on any atom is 0.416 e. The van der Waals surface area contributed by atoms with Crippen LogP contribution in [0.1, 0.15) is 56.1 Å². The Morgan fingerprint density at radius 2 is 1.80 bits per heavy atom. The van der Waals surface area contributed by atoms with Gasteiger partial charge in [-0.25, -0.2) is 9.67 Å². The lowest BCUT2D eigenvalue weighted by Gasteiger charge is -2.23. The van der Waals surface area contributed by atoms with Gasteiger partial charge in [0, 0.05) is 37.1 Å². The molecule has 4 rings (SSSR count). The Balaban J connectivity index is 1.69. The van der Waals surface area contributed by atoms with Gasteiger partial charge in [0.15, 0.2) is 5.82 Å². The van der Waals surface area contributed by atoms with Gasteiger partial charge >= 0.3 is 6.18 Å². The van der Waals surface area contributed by atoms with E-state index in [1.54, 1.807) is 36.0 Å². The van der Waals surface area contributed by atoms with Crippen molar-refractivity contribution in [3.05, 3.63) is 71.0 Å². The molecule has 2 amide bonds. The molecule has 0 bridgehead atoms. The van der Waals surface area contributed by atoms with Crippen molar-refractivity contribution in [3.63, 3.8) is 0 Å². The third-order valence-electron chi connectivity index (χ3n) is 6.71. The fraction of sp³-hybridized carbons (Fsp3) is 0.429. The number of rotatable bonds is 9. The number of aliphatic imine (C=N–C) groups is 1. The number of aromatic nitrogens is 4. The quantitative estimate of drug-likeness (QED) is 0.425. The zero-order valence-electron chi connectivity index (χ0n) is 22.8. The normalized spacial score (nSPS) is 16.4. The number of hydrogen-bond acceptors (Lipinski definition) is 6. The Kier molecular flexibility index (Phi) is 8.65. The summed E-state index contributed by atoms with van der Waals surface area (Å²) in [7, 11) is 1.58. The summed E-state index contributed by atoms with van der Waals surface area (Å²) in [6, 6.07) is 11.6. The molecule has 2 atom stereocenters. The van der Waals surface area contributed by atoms with E-state index in [9.17, 15) is 22.8 Å². The van der Waals surface area contributed by atoms with E-state index in [-0.39, 0.29) is 18.2 Å². The fourth-order valence-electron chi connectivity index (χ4n) is 4.74. The summed E-state index contributed by atoms with van der Waals surface area (Å²) >= 11 is 0. The van der Waals surface area contributed by atoms with Gasteiger partial charge in [0.25, 0.3) is 5.91 Å². The van der Waals surface area contributed by atoms with Crippen molar-refractivity contribution in [1.29, 1.82) is 0 Å². The monoisotopic (exact) mass is 555 g/mol. The van der Waals surface area contributed by atoms with Crippen molar-refractivity contribution in [2.75, 3.05) is 11.9 Å². The van der Waals surface area contributed by atoms with Crippen LogP contribution in [-0.4, -0.2) is 50.9 Å². The maximum absolute atomic E-state index is 13.6. The first-order chi connectivity index (χ1) is 19.0. The number of likely N-dealkylation sites (N-methyl/N-ethyl adjacent to an activating group) is 1. The number of carbonyl (C=O) groups excluding carboxylic acids is 2. The summed E-state index contributed by atoms with van der Waals surface area (Å²) in [5, 5.41) is 14.7. The first kappa shape index (κ1) is 28.9. The Labute approximate surface area is 230 Å². The number of alkyl halides is 3. The van der Waals surface area contributed by atoms with Crippen molar-refractivity contribution in [1.82, 2.24) is 25.5 Å². The second-order valence-corrected chi connectivity index (χ2v) is 10.2. The molecule has 1 N–H and O–H groups in total. The summed E-state index contributed by atoms with van der Waals surface area (Å²) in [5.74, 6) is -0.632. The maximum atomic E-state index is 13.6. The Hall–Kier alpha value is -4.09. The summed E-state index contributed by atoms with van der Waals surface area (Å²) < 4.78 is 41.3. The predicted octanol–water partition coefficient (Wildman–Crippen LogP) is 4.26. The Morgan fingerprint density at radius 3 is 2.45 bits per heavy atom. The second kappa shape index (κ2) is 12.0. The smallest absolute Gasteiger partial charge is 0.326 e. The number of hydrogen-bond donors (Lipinski definition) is 1. The van der Waals surface area contributed by atoms with Gasteiger partial charge in [0.1, 0.15) is 0 Å². The molecule has 0 spiro atoms. The molecule has 0 radical (unpaired) electrons. The summed E-state index contributed by atoms with van der Waals surface area (Å²) in [4.78, 5) is 33.2. The molecule has 12 heteroatoms. The molecule has 0 aliphatic carbocycles. The number of anilines is 1. The van der Waals surface area contributed by atoms with Crippen LogP contribution in [0.25, 0.3) is 0 Å². The van der Waals surface area contributed by atoms with E-state index < -0.39 is 29.7 Å². The average Bonchev–Trinajstić information content (AvgIpc) is 3.32. The van der Waals surface area contributed by atoms with Crippen molar-refractivity contribution in [2.24, 2.45) is 16.8 Å². The third kappa shape index (κ3) is 6.37. The number of carbonyl (C=O) groups is 2. The number of fused-ring (bicyclic) bond motifs is 1. The number of nitrogens with one attached hydrogen (secondary N) is 1. The summed E-state index contributed by atoms with van der Waals surface area (Å²) in [5.41, 5.74) is 0.992. The highest BCUT2D eigenvalue weighted by molar-refractivity contribution is 6.20. The SMILES string of the molecule is CCCn1nnnc1C[C@@H](CC(C)C)C(=O)N[C@H]1N=C(c2ccc(C(F)(F)F)cc2)c2ccccc2N(C)C1=O. The Morgan fingerprint density at radius 1 is 1.10 bits per heavy atom. The predicted molar refractivity (Wildman–Crippen MR) is 144 cm³/mol. The summed E-state index contributed by atoms with van der Waals surface area (Å²) in [6.07, 6.45) is -4.15. The lowest BCUT2D eigenvalue weighted by Crippen LogP contribution is -2.48. The Bertz CT molecular complexity index is 1380. The number of aryl methyl sites for hydroxylation is 1. The van der Waals surface area contributed by atoms with Crippen molar-refractivity contribution < 1.29 is 22.8 Å². The minimum absolute atomic E-state index is 0.175. The first-order valence-electron chi connectivity index (χ1n) is 13.2. The molecule has 1 aromatic heterocycles. The van der Waals surface area contributed by atoms with Gasteiger partial charge in [-0.1, -0.05) is 51.1 Å². The molecule has 40 heavy (non-hydrogen) atoms. The molecule has 1 aliphatic heterocycles. The van der Waals surface area contributed by atoms with Crippen LogP contribution in [0.3, 0.4) is 0 Å². The highest BCUT2D eigenvalue weighted by Gasteiger charge is 2.34. The topological polar surface area (TPSA) is 105 Å². The molecule has 212 valence electrons. The molecular formula is C28H32F3N7O2. The zero-order chi connectivity index (χ0) is 29.0. The van der Waals surface area contributed by atoms with Crippen molar-refractivity contribution in [3.8, 4) is 0 Å². The molecule has 3 aromatic rings. The van der Waals surface area contributed by atoms with Gasteiger partial charge in [0.2, 0.25) is 12.1 Å². The van der Waals surface area contributed by atoms with E-state index in [1.807, 2.05) is 20.8 Å². The van der Waals surface area contributed by atoms with Gasteiger partial charge in [-0.2, -0.15) is 13.2 Å². The van der Waals surface area contributed by atoms with E-state index in [2.05, 4.69) is 25.8 Å². The molecule has 0 unspecified atom stereocenters. The zero-order valence-corrected chi connectivity index (χ0v) is 22.8. The molecule has 9 nitrogen and oxygen atoms in total. The molecule has 0 saturated carbocycles. The van der Waals surface area contributed by atoms with Crippen LogP contribution in [0.4, 0.5) is 18.9 Å². The van der Waals surface area contributed by atoms with Crippen LogP contribution >= 0.6 is 0 Å². The number of halogens is 3. The van der Waals surface area contributed by atoms with Gasteiger partial charge in [-0.15, -0.1) is 5.10 Å². The van der Waals surface area contributed by atoms with Crippen molar-refractivity contribution in [2.45, 2.75) is 58.9 Å². The van der Waals surface area contributed by atoms with E-state index in [0.717, 1.165) is 18.6 Å². The number of nitrogens with zero attached hydrogens (tertiary/aromatic N) is 6. The highest BCUT2D eigenvalue weighted by atomic mass is 19.4. The van der Waals surface area contributed by atoms with Crippen LogP contribution in [0.2, 0.25) is 0 Å². The summed E-state index contributed by atoms with van der Waals surface area (Å²) in [6.45, 7) is 6.61. The fourth-order valence-corrected chi connectivity index (χ4v) is 4.74. The minimum atomic E-state index is -4.49. The first-order valence-corrected chi connectivity index (χ1v) is 13.2. The van der Waals surface area contributed by atoms with Crippen LogP contribution in [0, 0.1) is 11.8 Å². The van der Waals surface area contributed by atoms with Gasteiger partial charge in [-0.3, -0.25) is 9.59 Å². The molecule has 0 fully saturated rings. The standard InChI is InChI=1S/C28H32F3N7O2/c1-5-14-38-23(34-35-36-38)16-19(15-17(2)3)26(39)33-25-27(40)37(4)22-9-7-6-8-21(22)24(32-25)18-10-12-20(13-11-18)28(29,30)31/h6-13,17,19,25H,5,14-16H2,1-4H3,(H,33,39)/t19-,25-/m1/s1. The van der Waals surface area contributed by atoms with Gasteiger partial charge in [0.05, 0.1) is 17.0 Å². The minimum Gasteiger partial charge on any atom is -0.326 e. The van der Waals surface area contributed by atoms with Gasteiger partial charge < -0.3 is 10.2 Å². The molecule has 2 heterocycles. The number of tetrazole rings is 1. The molecule has 0 saturated heterocycles. The lowest BCUT2D eigenvalue weighted by atomic mass is 9.93. The van der Waals surface area contributed by atoms with E-state index >= 15 is 0 Å². The molecule has 1 aliphatic rings. The number of benzene rings is 2. The third-order valence-corrected chi connectivity index (χ3v) is 6.71. The second-order valence-electron chi connectivity index (χ2n) is 10.2. The number of para-hydroxylation sites is 1. The van der Waals surface area contributed by atoms with Crippen LogP contribution in [0.5, 0.6) is 0 Å². The van der Waals surface area contributed by atoms with Crippen LogP contribution in [0.15, 0.2) is 53.5 Å². The van der Waals surface area contributed by atoms with E-state index in [0.29, 0.717) is 41.3 Å². The number of benzodiazepines with no additional fused rings is 1. The van der Waals surface area contributed by atoms with E-state index in [4.69, 9.17) is 0 Å². The van der Waals surface area contributed by atoms with Crippen LogP contribution < -0.4 is 10.2 Å². The van der Waals surface area contributed by atoms with Crippen LogP contribution in [-0.2, 0) is 28.7 Å². The molecular weight excluding hydrogens is 523 g/mol. The van der Waals surface area contributed by atoms with Gasteiger partial charge in [-0.05, 0) is 47.4 Å². The molecule has 2 aromatic carbocycles. The van der Waals surface area contributed by atoms with Crippen molar-refractivity contribution >= 4 is 23.2 Å². The average molecular weight is 556 g/mol. The van der Waals surface area contributed by atoms with E-state index in [1.165, 1.54) is 17.0 Å². The lowest BCUT2D eigenvalue weighted by molar-refractivity contribution is -0.137.